The van der Waals surface area contributed by atoms with Crippen molar-refractivity contribution >= 4 is 29.4 Å². The molecule has 1 aromatic heterocycles. The van der Waals surface area contributed by atoms with E-state index in [4.69, 9.17) is 4.74 Å². The molecule has 1 N–H and O–H groups in total. The molecule has 2 aromatic rings. The lowest BCUT2D eigenvalue weighted by Crippen LogP contribution is -2.43. The molecule has 1 aliphatic rings. The van der Waals surface area contributed by atoms with E-state index in [-0.39, 0.29) is 17.9 Å². The lowest BCUT2D eigenvalue weighted by atomic mass is 9.96. The second-order valence-corrected chi connectivity index (χ2v) is 9.83. The summed E-state index contributed by atoms with van der Waals surface area (Å²) < 4.78 is 5.41. The van der Waals surface area contributed by atoms with Crippen molar-refractivity contribution in [1.82, 2.24) is 14.9 Å². The Labute approximate surface area is 188 Å². The van der Waals surface area contributed by atoms with E-state index in [1.54, 1.807) is 4.90 Å². The highest BCUT2D eigenvalue weighted by Gasteiger charge is 2.29. The third kappa shape index (κ3) is 6.95. The summed E-state index contributed by atoms with van der Waals surface area (Å²) in [5.74, 6) is -0.127. The fourth-order valence-electron chi connectivity index (χ4n) is 3.35. The van der Waals surface area contributed by atoms with Crippen molar-refractivity contribution in [3.63, 3.8) is 0 Å². The molecule has 3 rings (SSSR count). The zero-order valence-electron chi connectivity index (χ0n) is 18.8. The van der Waals surface area contributed by atoms with Gasteiger partial charge in [-0.25, -0.2) is 14.8 Å². The molecular weight excluding hydrogens is 412 g/mol. The SMILES string of the molecule is Cc1cc(C)nc(Sc2ccc(NC(=O)C3CCN(C(=O)OC(C)(C)C)CC3)cc2)n1. The Hall–Kier alpha value is -2.61. The van der Waals surface area contributed by atoms with E-state index in [0.29, 0.717) is 31.1 Å². The molecule has 0 spiro atoms. The van der Waals surface area contributed by atoms with Crippen LogP contribution in [-0.2, 0) is 9.53 Å². The van der Waals surface area contributed by atoms with Crippen LogP contribution in [0.2, 0.25) is 0 Å². The van der Waals surface area contributed by atoms with E-state index in [1.807, 2.05) is 65.0 Å². The Balaban J connectivity index is 1.50. The van der Waals surface area contributed by atoms with E-state index in [0.717, 1.165) is 22.0 Å². The number of ether oxygens (including phenoxy) is 1. The van der Waals surface area contributed by atoms with Gasteiger partial charge >= 0.3 is 6.09 Å². The second-order valence-electron chi connectivity index (χ2n) is 8.79. The number of likely N-dealkylation sites (tertiary alicyclic amines) is 1. The summed E-state index contributed by atoms with van der Waals surface area (Å²) >= 11 is 1.49. The minimum atomic E-state index is -0.514. The molecule has 8 heteroatoms. The van der Waals surface area contributed by atoms with Gasteiger partial charge in [-0.3, -0.25) is 4.79 Å². The number of carbonyl (C=O) groups excluding carboxylic acids is 2. The van der Waals surface area contributed by atoms with Gasteiger partial charge in [0.25, 0.3) is 0 Å². The van der Waals surface area contributed by atoms with Crippen LogP contribution in [-0.4, -0.2) is 45.6 Å². The predicted octanol–water partition coefficient (Wildman–Crippen LogP) is 4.83. The number of piperidine rings is 1. The number of benzene rings is 1. The number of hydrogen-bond acceptors (Lipinski definition) is 6. The van der Waals surface area contributed by atoms with Gasteiger partial charge in [-0.05, 0) is 89.6 Å². The lowest BCUT2D eigenvalue weighted by molar-refractivity contribution is -0.121. The third-order valence-corrected chi connectivity index (χ3v) is 5.68. The number of aromatic nitrogens is 2. The van der Waals surface area contributed by atoms with Crippen LogP contribution in [0.25, 0.3) is 0 Å². The Bertz CT molecular complexity index is 913. The molecule has 1 aliphatic heterocycles. The maximum absolute atomic E-state index is 12.7. The van der Waals surface area contributed by atoms with Gasteiger partial charge in [0.1, 0.15) is 5.60 Å². The summed E-state index contributed by atoms with van der Waals surface area (Å²) in [7, 11) is 0. The molecule has 2 heterocycles. The van der Waals surface area contributed by atoms with Crippen LogP contribution in [0.3, 0.4) is 0 Å². The topological polar surface area (TPSA) is 84.4 Å². The van der Waals surface area contributed by atoms with E-state index in [1.165, 1.54) is 11.8 Å². The summed E-state index contributed by atoms with van der Waals surface area (Å²) in [6.07, 6.45) is 0.943. The number of anilines is 1. The number of rotatable bonds is 4. The fraction of sp³-hybridized carbons (Fsp3) is 0.478. The van der Waals surface area contributed by atoms with E-state index in [9.17, 15) is 9.59 Å². The van der Waals surface area contributed by atoms with Crippen LogP contribution in [0.1, 0.15) is 45.0 Å². The fourth-order valence-corrected chi connectivity index (χ4v) is 4.21. The van der Waals surface area contributed by atoms with Crippen LogP contribution in [0, 0.1) is 19.8 Å². The molecule has 1 fully saturated rings. The molecule has 1 aromatic carbocycles. The van der Waals surface area contributed by atoms with Gasteiger partial charge in [-0.2, -0.15) is 0 Å². The first kappa shape index (κ1) is 23.1. The Morgan fingerprint density at radius 1 is 1.06 bits per heavy atom. The summed E-state index contributed by atoms with van der Waals surface area (Å²) in [5.41, 5.74) is 2.12. The molecule has 1 saturated heterocycles. The van der Waals surface area contributed by atoms with Crippen LogP contribution < -0.4 is 5.32 Å². The first-order chi connectivity index (χ1) is 14.6. The highest BCUT2D eigenvalue weighted by Crippen LogP contribution is 2.27. The van der Waals surface area contributed by atoms with Crippen molar-refractivity contribution in [3.05, 3.63) is 41.7 Å². The van der Waals surface area contributed by atoms with Gasteiger partial charge in [0.2, 0.25) is 5.91 Å². The molecule has 0 aliphatic carbocycles. The molecule has 0 unspecified atom stereocenters. The molecule has 0 radical (unpaired) electrons. The molecule has 0 saturated carbocycles. The number of carbonyl (C=O) groups is 2. The van der Waals surface area contributed by atoms with Crippen LogP contribution >= 0.6 is 11.8 Å². The van der Waals surface area contributed by atoms with Crippen LogP contribution in [0.15, 0.2) is 40.4 Å². The second kappa shape index (κ2) is 9.68. The number of amides is 2. The minimum absolute atomic E-state index is 0.0121. The van der Waals surface area contributed by atoms with Crippen molar-refractivity contribution in [2.24, 2.45) is 5.92 Å². The first-order valence-corrected chi connectivity index (χ1v) is 11.3. The van der Waals surface area contributed by atoms with Crippen LogP contribution in [0.4, 0.5) is 10.5 Å². The van der Waals surface area contributed by atoms with Gasteiger partial charge in [-0.15, -0.1) is 0 Å². The zero-order valence-corrected chi connectivity index (χ0v) is 19.6. The number of hydrogen-bond donors (Lipinski definition) is 1. The largest absolute Gasteiger partial charge is 0.444 e. The van der Waals surface area contributed by atoms with Crippen molar-refractivity contribution < 1.29 is 14.3 Å². The lowest BCUT2D eigenvalue weighted by Gasteiger charge is -2.32. The normalized spacial score (nSPS) is 14.9. The van der Waals surface area contributed by atoms with E-state index < -0.39 is 5.60 Å². The highest BCUT2D eigenvalue weighted by atomic mass is 32.2. The molecule has 0 atom stereocenters. The van der Waals surface area contributed by atoms with E-state index in [2.05, 4.69) is 15.3 Å². The average Bonchev–Trinajstić information content (AvgIpc) is 2.67. The quantitative estimate of drug-likeness (QED) is 0.683. The molecule has 2 amide bonds. The standard InChI is InChI=1S/C23H30N4O3S/c1-15-14-16(2)25-21(24-15)31-19-8-6-18(7-9-19)26-20(28)17-10-12-27(13-11-17)22(29)30-23(3,4)5/h6-9,14,17H,10-13H2,1-5H3,(H,26,28). The number of nitrogens with zero attached hydrogens (tertiary/aromatic N) is 3. The highest BCUT2D eigenvalue weighted by molar-refractivity contribution is 7.99. The Morgan fingerprint density at radius 2 is 1.65 bits per heavy atom. The smallest absolute Gasteiger partial charge is 0.410 e. The Morgan fingerprint density at radius 3 is 2.19 bits per heavy atom. The Kier molecular flexibility index (Phi) is 7.20. The van der Waals surface area contributed by atoms with Crippen molar-refractivity contribution in [2.75, 3.05) is 18.4 Å². The minimum Gasteiger partial charge on any atom is -0.444 e. The maximum atomic E-state index is 12.7. The molecule has 31 heavy (non-hydrogen) atoms. The van der Waals surface area contributed by atoms with Crippen molar-refractivity contribution in [1.29, 1.82) is 0 Å². The van der Waals surface area contributed by atoms with Gasteiger partial charge in [0, 0.05) is 41.0 Å². The van der Waals surface area contributed by atoms with Gasteiger partial charge in [0.05, 0.1) is 0 Å². The van der Waals surface area contributed by atoms with Gasteiger partial charge in [0.15, 0.2) is 5.16 Å². The molecule has 0 bridgehead atoms. The summed E-state index contributed by atoms with van der Waals surface area (Å²) in [5, 5.41) is 3.70. The van der Waals surface area contributed by atoms with Crippen molar-refractivity contribution in [3.8, 4) is 0 Å². The van der Waals surface area contributed by atoms with E-state index >= 15 is 0 Å². The maximum Gasteiger partial charge on any atom is 0.410 e. The summed E-state index contributed by atoms with van der Waals surface area (Å²) in [4.78, 5) is 36.4. The number of nitrogens with one attached hydrogen (secondary N) is 1. The molecule has 166 valence electrons. The third-order valence-electron chi connectivity index (χ3n) is 4.81. The monoisotopic (exact) mass is 442 g/mol. The number of aryl methyl sites for hydroxylation is 2. The van der Waals surface area contributed by atoms with Gasteiger partial charge < -0.3 is 15.0 Å². The average molecular weight is 443 g/mol. The zero-order chi connectivity index (χ0) is 22.6. The molecule has 7 nitrogen and oxygen atoms in total. The van der Waals surface area contributed by atoms with Crippen molar-refractivity contribution in [2.45, 2.75) is 63.1 Å². The van der Waals surface area contributed by atoms with Gasteiger partial charge in [-0.1, -0.05) is 0 Å². The van der Waals surface area contributed by atoms with Crippen LogP contribution in [0.5, 0.6) is 0 Å². The summed E-state index contributed by atoms with van der Waals surface area (Å²) in [6.45, 7) is 10.5. The summed E-state index contributed by atoms with van der Waals surface area (Å²) in [6, 6.07) is 9.62. The first-order valence-electron chi connectivity index (χ1n) is 10.5. The predicted molar refractivity (Wildman–Crippen MR) is 121 cm³/mol. The molecular formula is C23H30N4O3S.